The van der Waals surface area contributed by atoms with Crippen molar-refractivity contribution in [3.63, 3.8) is 0 Å². The summed E-state index contributed by atoms with van der Waals surface area (Å²) in [5, 5.41) is 8.63. The fourth-order valence-electron chi connectivity index (χ4n) is 1.23. The maximum absolute atomic E-state index is 11.3. The highest BCUT2D eigenvalue weighted by Gasteiger charge is 2.10. The third kappa shape index (κ3) is 3.59. The van der Waals surface area contributed by atoms with Gasteiger partial charge in [-0.2, -0.15) is 0 Å². The minimum Gasteiger partial charge on any atom is -0.493 e. The number of halogens is 1. The van der Waals surface area contributed by atoms with Crippen LogP contribution in [0.25, 0.3) is 0 Å². The molecule has 0 heterocycles. The van der Waals surface area contributed by atoms with Gasteiger partial charge in [0.05, 0.1) is 12.2 Å². The summed E-state index contributed by atoms with van der Waals surface area (Å²) in [6, 6.07) is 5.23. The summed E-state index contributed by atoms with van der Waals surface area (Å²) < 4.78 is 5.15. The van der Waals surface area contributed by atoms with E-state index in [0.29, 0.717) is 30.9 Å². The lowest BCUT2D eigenvalue weighted by Gasteiger charge is -2.09. The largest absolute Gasteiger partial charge is 0.493 e. The van der Waals surface area contributed by atoms with Gasteiger partial charge in [0, 0.05) is 19.6 Å². The van der Waals surface area contributed by atoms with Crippen LogP contribution in [-0.4, -0.2) is 23.0 Å². The Labute approximate surface area is 103 Å². The molecule has 1 aromatic carbocycles. The zero-order valence-electron chi connectivity index (χ0n) is 8.78. The van der Waals surface area contributed by atoms with Crippen molar-refractivity contribution in [2.75, 3.05) is 13.2 Å². The minimum absolute atomic E-state index is 0.0679. The van der Waals surface area contributed by atoms with Gasteiger partial charge in [-0.15, -0.1) is 0 Å². The molecule has 0 unspecified atom stereocenters. The van der Waals surface area contributed by atoms with E-state index in [4.69, 9.17) is 15.6 Å². The van der Waals surface area contributed by atoms with Crippen LogP contribution >= 0.6 is 15.9 Å². The fourth-order valence-corrected chi connectivity index (χ4v) is 1.54. The summed E-state index contributed by atoms with van der Waals surface area (Å²) in [4.78, 5) is 11.3. The molecule has 0 spiro atoms. The predicted molar refractivity (Wildman–Crippen MR) is 64.8 cm³/mol. The summed E-state index contributed by atoms with van der Waals surface area (Å²) in [7, 11) is 0. The molecule has 0 amide bonds. The Hall–Kier alpha value is -0.910. The minimum atomic E-state index is -0.234. The van der Waals surface area contributed by atoms with Crippen molar-refractivity contribution in [2.24, 2.45) is 5.73 Å². The lowest BCUT2D eigenvalue weighted by atomic mass is 10.1. The average molecular weight is 288 g/mol. The molecule has 0 atom stereocenters. The van der Waals surface area contributed by atoms with E-state index in [9.17, 15) is 4.79 Å². The number of aliphatic hydroxyl groups excluding tert-OH is 1. The van der Waals surface area contributed by atoms with Crippen molar-refractivity contribution >= 4 is 20.6 Å². The Morgan fingerprint density at radius 1 is 1.50 bits per heavy atom. The maximum Gasteiger partial charge on any atom is 0.231 e. The van der Waals surface area contributed by atoms with E-state index in [1.54, 1.807) is 12.1 Å². The standard InChI is InChI=1S/C11H14BrNO3/c12-11(15)9-6-8(7-13)2-3-10(9)16-5-1-4-14/h2-3,6,14H,1,4-5,7,13H2. The number of aliphatic hydroxyl groups is 1. The third-order valence-electron chi connectivity index (χ3n) is 2.05. The molecule has 0 aliphatic rings. The van der Waals surface area contributed by atoms with Crippen LogP contribution in [0.4, 0.5) is 0 Å². The van der Waals surface area contributed by atoms with Gasteiger partial charge >= 0.3 is 0 Å². The van der Waals surface area contributed by atoms with E-state index >= 15 is 0 Å². The zero-order chi connectivity index (χ0) is 12.0. The van der Waals surface area contributed by atoms with Crippen LogP contribution in [0, 0.1) is 0 Å². The molecule has 88 valence electrons. The number of nitrogens with two attached hydrogens (primary N) is 1. The predicted octanol–water partition coefficient (Wildman–Crippen LogP) is 1.44. The molecular formula is C11H14BrNO3. The highest BCUT2D eigenvalue weighted by Crippen LogP contribution is 2.22. The number of hydrogen-bond donors (Lipinski definition) is 2. The maximum atomic E-state index is 11.3. The van der Waals surface area contributed by atoms with E-state index in [1.165, 1.54) is 0 Å². The molecule has 1 aromatic rings. The summed E-state index contributed by atoms with van der Waals surface area (Å²) >= 11 is 2.90. The second kappa shape index (κ2) is 6.62. The van der Waals surface area contributed by atoms with Crippen molar-refractivity contribution < 1.29 is 14.6 Å². The van der Waals surface area contributed by atoms with Crippen LogP contribution in [-0.2, 0) is 6.54 Å². The molecule has 0 saturated heterocycles. The number of rotatable bonds is 6. The molecule has 1 rings (SSSR count). The highest BCUT2D eigenvalue weighted by molar-refractivity contribution is 9.18. The molecule has 0 radical (unpaired) electrons. The van der Waals surface area contributed by atoms with Crippen molar-refractivity contribution in [3.8, 4) is 5.75 Å². The van der Waals surface area contributed by atoms with E-state index in [2.05, 4.69) is 15.9 Å². The van der Waals surface area contributed by atoms with Crippen molar-refractivity contribution in [3.05, 3.63) is 29.3 Å². The fraction of sp³-hybridized carbons (Fsp3) is 0.364. The summed E-state index contributed by atoms with van der Waals surface area (Å²) in [6.45, 7) is 0.828. The van der Waals surface area contributed by atoms with E-state index < -0.39 is 0 Å². The van der Waals surface area contributed by atoms with Crippen LogP contribution in [0.2, 0.25) is 0 Å². The Morgan fingerprint density at radius 2 is 2.25 bits per heavy atom. The second-order valence-electron chi connectivity index (χ2n) is 3.23. The topological polar surface area (TPSA) is 72.6 Å². The van der Waals surface area contributed by atoms with Gasteiger partial charge in [0.1, 0.15) is 5.75 Å². The third-order valence-corrected chi connectivity index (χ3v) is 2.48. The number of hydrogen-bond acceptors (Lipinski definition) is 4. The van der Waals surface area contributed by atoms with Gasteiger partial charge in [-0.1, -0.05) is 6.07 Å². The van der Waals surface area contributed by atoms with E-state index in [-0.39, 0.29) is 11.3 Å². The number of ether oxygens (including phenoxy) is 1. The van der Waals surface area contributed by atoms with Gasteiger partial charge in [-0.3, -0.25) is 4.79 Å². The van der Waals surface area contributed by atoms with E-state index in [0.717, 1.165) is 5.56 Å². The first-order chi connectivity index (χ1) is 7.69. The zero-order valence-corrected chi connectivity index (χ0v) is 10.4. The number of carbonyl (C=O) groups excluding carboxylic acids is 1. The van der Waals surface area contributed by atoms with Crippen LogP contribution in [0.3, 0.4) is 0 Å². The van der Waals surface area contributed by atoms with Gasteiger partial charge in [-0.05, 0) is 33.6 Å². The molecule has 0 saturated carbocycles. The van der Waals surface area contributed by atoms with Gasteiger partial charge in [0.25, 0.3) is 0 Å². The van der Waals surface area contributed by atoms with Gasteiger partial charge < -0.3 is 15.6 Å². The van der Waals surface area contributed by atoms with Crippen LogP contribution < -0.4 is 10.5 Å². The van der Waals surface area contributed by atoms with Crippen molar-refractivity contribution in [1.82, 2.24) is 0 Å². The first kappa shape index (κ1) is 13.2. The van der Waals surface area contributed by atoms with Gasteiger partial charge in [-0.25, -0.2) is 0 Å². The van der Waals surface area contributed by atoms with Crippen LogP contribution in [0.15, 0.2) is 18.2 Å². The Kier molecular flexibility index (Phi) is 5.45. The average Bonchev–Trinajstić information content (AvgIpc) is 2.29. The summed E-state index contributed by atoms with van der Waals surface area (Å²) in [5.74, 6) is 0.507. The van der Waals surface area contributed by atoms with Gasteiger partial charge in [0.15, 0.2) is 0 Å². The molecule has 5 heteroatoms. The van der Waals surface area contributed by atoms with Crippen LogP contribution in [0.5, 0.6) is 5.75 Å². The summed E-state index contributed by atoms with van der Waals surface area (Å²) in [5.41, 5.74) is 6.82. The molecule has 0 aromatic heterocycles. The SMILES string of the molecule is NCc1ccc(OCCCO)c(C(=O)Br)c1. The van der Waals surface area contributed by atoms with Crippen molar-refractivity contribution in [2.45, 2.75) is 13.0 Å². The molecule has 0 aliphatic carbocycles. The molecule has 3 N–H and O–H groups in total. The van der Waals surface area contributed by atoms with Crippen LogP contribution in [0.1, 0.15) is 22.3 Å². The lowest BCUT2D eigenvalue weighted by molar-refractivity contribution is 0.109. The molecule has 0 fully saturated rings. The quantitative estimate of drug-likeness (QED) is 0.613. The summed E-state index contributed by atoms with van der Waals surface area (Å²) in [6.07, 6.45) is 0.536. The lowest BCUT2D eigenvalue weighted by Crippen LogP contribution is -2.05. The Morgan fingerprint density at radius 3 is 2.81 bits per heavy atom. The Balaban J connectivity index is 2.85. The normalized spacial score (nSPS) is 10.2. The van der Waals surface area contributed by atoms with Gasteiger partial charge in [0.2, 0.25) is 4.69 Å². The van der Waals surface area contributed by atoms with E-state index in [1.807, 2.05) is 6.07 Å². The molecule has 0 aliphatic heterocycles. The Bertz CT molecular complexity index is 368. The monoisotopic (exact) mass is 287 g/mol. The molecule has 4 nitrogen and oxygen atoms in total. The first-order valence-corrected chi connectivity index (χ1v) is 5.74. The number of benzene rings is 1. The highest BCUT2D eigenvalue weighted by atomic mass is 79.9. The molecule has 0 bridgehead atoms. The first-order valence-electron chi connectivity index (χ1n) is 4.95. The molecular weight excluding hydrogens is 274 g/mol. The second-order valence-corrected chi connectivity index (χ2v) is 3.95. The smallest absolute Gasteiger partial charge is 0.231 e. The van der Waals surface area contributed by atoms with Crippen molar-refractivity contribution in [1.29, 1.82) is 0 Å². The number of carbonyl (C=O) groups is 1. The molecule has 16 heavy (non-hydrogen) atoms.